The van der Waals surface area contributed by atoms with Crippen LogP contribution in [0.1, 0.15) is 47.3 Å². The molecule has 2 aromatic rings. The van der Waals surface area contributed by atoms with Gasteiger partial charge in [-0.15, -0.1) is 0 Å². The number of hydrogen-bond donors (Lipinski definition) is 2. The number of nitrogens with one attached hydrogen (secondary N) is 2. The first-order chi connectivity index (χ1) is 18.9. The molecule has 41 heavy (non-hydrogen) atoms. The van der Waals surface area contributed by atoms with E-state index in [1.54, 1.807) is 0 Å². The number of carbonyl (C=O) groups excluding carboxylic acids is 2. The van der Waals surface area contributed by atoms with E-state index < -0.39 is 58.3 Å². The van der Waals surface area contributed by atoms with E-state index in [1.165, 1.54) is 22.9 Å². The highest BCUT2D eigenvalue weighted by atomic mass is 32.2. The van der Waals surface area contributed by atoms with Gasteiger partial charge in [-0.05, 0) is 25.0 Å². The minimum atomic E-state index is -4.55. The van der Waals surface area contributed by atoms with E-state index in [-0.39, 0.29) is 67.4 Å². The van der Waals surface area contributed by atoms with Gasteiger partial charge in [0.15, 0.2) is 16.4 Å². The molecular weight excluding hydrogens is 586 g/mol. The fourth-order valence-corrected chi connectivity index (χ4v) is 5.37. The van der Waals surface area contributed by atoms with Gasteiger partial charge >= 0.3 is 12.4 Å². The molecule has 0 saturated heterocycles. The molecule has 226 valence electrons. The van der Waals surface area contributed by atoms with Gasteiger partial charge in [-0.1, -0.05) is 0 Å². The lowest BCUT2D eigenvalue weighted by Gasteiger charge is -2.41. The molecule has 0 fully saturated rings. The van der Waals surface area contributed by atoms with Crippen molar-refractivity contribution in [2.45, 2.75) is 56.5 Å². The molecule has 1 spiro atoms. The quantitative estimate of drug-likeness (QED) is 0.328. The first-order valence-electron chi connectivity index (χ1n) is 12.4. The van der Waals surface area contributed by atoms with E-state index in [2.05, 4.69) is 15.7 Å². The molecular formula is C24H26F6N4O6S. The lowest BCUT2D eigenvalue weighted by Crippen LogP contribution is -2.53. The summed E-state index contributed by atoms with van der Waals surface area (Å²) in [6.45, 7) is -1.52. The molecule has 1 aromatic carbocycles. The van der Waals surface area contributed by atoms with Crippen LogP contribution in [0.25, 0.3) is 0 Å². The number of nitrogens with zero attached hydrogens (tertiary/aromatic N) is 2. The summed E-state index contributed by atoms with van der Waals surface area (Å²) in [5, 5.41) is 9.65. The zero-order valence-corrected chi connectivity index (χ0v) is 22.4. The second kappa shape index (κ2) is 11.1. The summed E-state index contributed by atoms with van der Waals surface area (Å²) in [4.78, 5) is 25.9. The van der Waals surface area contributed by atoms with Gasteiger partial charge in [-0.25, -0.2) is 13.1 Å². The van der Waals surface area contributed by atoms with Gasteiger partial charge in [-0.3, -0.25) is 9.59 Å². The summed E-state index contributed by atoms with van der Waals surface area (Å²) in [5.74, 6) is -2.59. The summed E-state index contributed by atoms with van der Waals surface area (Å²) in [7, 11) is -3.74. The SMILES string of the molecule is CS(=O)(=O)CC(=O)Nc1c2c(nn1CCCCC(F)(F)F)C[C@]1(CCOc3cc(OCC(F)(F)F)ccc31)NC2=O. The Labute approximate surface area is 230 Å². The Hall–Kier alpha value is -3.50. The first kappa shape index (κ1) is 30.5. The summed E-state index contributed by atoms with van der Waals surface area (Å²) < 4.78 is 110. The lowest BCUT2D eigenvalue weighted by atomic mass is 9.77. The van der Waals surface area contributed by atoms with Crippen molar-refractivity contribution < 1.29 is 53.8 Å². The molecule has 0 aliphatic carbocycles. The average molecular weight is 613 g/mol. The number of hydrogen-bond acceptors (Lipinski definition) is 7. The predicted octanol–water partition coefficient (Wildman–Crippen LogP) is 3.50. The summed E-state index contributed by atoms with van der Waals surface area (Å²) in [6.07, 6.45) is -9.06. The number of aryl methyl sites for hydroxylation is 1. The number of fused-ring (bicyclic) bond motifs is 3. The fraction of sp³-hybridized carbons (Fsp3) is 0.542. The van der Waals surface area contributed by atoms with E-state index in [1.807, 2.05) is 0 Å². The van der Waals surface area contributed by atoms with Crippen molar-refractivity contribution in [1.29, 1.82) is 0 Å². The number of sulfone groups is 1. The molecule has 4 rings (SSSR count). The highest BCUT2D eigenvalue weighted by molar-refractivity contribution is 7.91. The summed E-state index contributed by atoms with van der Waals surface area (Å²) in [6, 6.07) is 4.05. The number of rotatable bonds is 9. The van der Waals surface area contributed by atoms with Crippen LogP contribution in [0.15, 0.2) is 18.2 Å². The van der Waals surface area contributed by atoms with Crippen molar-refractivity contribution >= 4 is 27.5 Å². The van der Waals surface area contributed by atoms with Gasteiger partial charge in [0.25, 0.3) is 5.91 Å². The Kier molecular flexibility index (Phi) is 8.21. The van der Waals surface area contributed by atoms with E-state index in [9.17, 15) is 44.3 Å². The van der Waals surface area contributed by atoms with Gasteiger partial charge < -0.3 is 20.1 Å². The Balaban J connectivity index is 1.64. The second-order valence-corrected chi connectivity index (χ2v) is 12.1. The van der Waals surface area contributed by atoms with Crippen LogP contribution in [0.4, 0.5) is 32.2 Å². The largest absolute Gasteiger partial charge is 0.493 e. The van der Waals surface area contributed by atoms with Crippen LogP contribution in [0, 0.1) is 0 Å². The van der Waals surface area contributed by atoms with E-state index in [0.717, 1.165) is 6.26 Å². The van der Waals surface area contributed by atoms with Crippen molar-refractivity contribution in [3.63, 3.8) is 0 Å². The molecule has 17 heteroatoms. The fourth-order valence-electron chi connectivity index (χ4n) is 4.82. The van der Waals surface area contributed by atoms with Crippen LogP contribution in [0.5, 0.6) is 11.5 Å². The minimum absolute atomic E-state index is 0.000839. The maximum absolute atomic E-state index is 13.4. The normalized spacial score (nSPS) is 18.8. The van der Waals surface area contributed by atoms with Crippen molar-refractivity contribution in [1.82, 2.24) is 15.1 Å². The standard InChI is InChI=1S/C24H26F6N4O6S/c1-41(37,38)12-18(35)31-20-19-16(33-34(20)8-3-2-6-23(25,26)27)11-22(32-21(19)36)7-9-39-17-10-14(4-5-15(17)22)40-13-24(28,29)30/h4-5,10H,2-3,6-9,11-13H2,1H3,(H,31,35)(H,32,36)/t22-/m0/s1. The zero-order chi connectivity index (χ0) is 30.2. The van der Waals surface area contributed by atoms with Gasteiger partial charge in [0.1, 0.15) is 28.6 Å². The van der Waals surface area contributed by atoms with Crippen molar-refractivity contribution in [3.05, 3.63) is 35.0 Å². The van der Waals surface area contributed by atoms with Crippen molar-refractivity contribution in [2.75, 3.05) is 30.5 Å². The van der Waals surface area contributed by atoms with E-state index in [0.29, 0.717) is 5.56 Å². The monoisotopic (exact) mass is 612 g/mol. The molecule has 10 nitrogen and oxygen atoms in total. The average Bonchev–Trinajstić information content (AvgIpc) is 3.15. The molecule has 1 atom stereocenters. The van der Waals surface area contributed by atoms with Crippen LogP contribution < -0.4 is 20.1 Å². The molecule has 2 aliphatic rings. The van der Waals surface area contributed by atoms with Crippen LogP contribution >= 0.6 is 0 Å². The highest BCUT2D eigenvalue weighted by Gasteiger charge is 2.46. The second-order valence-electron chi connectivity index (χ2n) is 9.96. The number of ether oxygens (including phenoxy) is 2. The van der Waals surface area contributed by atoms with Crippen molar-refractivity contribution in [3.8, 4) is 11.5 Å². The Morgan fingerprint density at radius 1 is 1.20 bits per heavy atom. The number of anilines is 1. The number of aromatic nitrogens is 2. The number of alkyl halides is 6. The van der Waals surface area contributed by atoms with Gasteiger partial charge in [0.05, 0.1) is 17.8 Å². The molecule has 1 aromatic heterocycles. The molecule has 2 N–H and O–H groups in total. The van der Waals surface area contributed by atoms with Crippen LogP contribution in [-0.4, -0.2) is 67.6 Å². The molecule has 2 aliphatic heterocycles. The van der Waals surface area contributed by atoms with Crippen LogP contribution in [-0.2, 0) is 33.1 Å². The maximum Gasteiger partial charge on any atom is 0.422 e. The zero-order valence-electron chi connectivity index (χ0n) is 21.6. The molecule has 0 bridgehead atoms. The highest BCUT2D eigenvalue weighted by Crippen LogP contribution is 2.44. The third kappa shape index (κ3) is 7.62. The number of unbranched alkanes of at least 4 members (excludes halogenated alkanes) is 1. The summed E-state index contributed by atoms with van der Waals surface area (Å²) in [5.41, 5.74) is -0.510. The van der Waals surface area contributed by atoms with Gasteiger partial charge in [-0.2, -0.15) is 31.4 Å². The molecule has 3 heterocycles. The smallest absolute Gasteiger partial charge is 0.422 e. The lowest BCUT2D eigenvalue weighted by molar-refractivity contribution is -0.153. The van der Waals surface area contributed by atoms with Crippen molar-refractivity contribution in [2.24, 2.45) is 0 Å². The third-order valence-electron chi connectivity index (χ3n) is 6.46. The van der Waals surface area contributed by atoms with Gasteiger partial charge in [0, 0.05) is 43.7 Å². The Morgan fingerprint density at radius 3 is 2.59 bits per heavy atom. The molecule has 2 amide bonds. The van der Waals surface area contributed by atoms with E-state index >= 15 is 0 Å². The number of halogens is 6. The predicted molar refractivity (Wildman–Crippen MR) is 131 cm³/mol. The van der Waals surface area contributed by atoms with Crippen LogP contribution in [0.2, 0.25) is 0 Å². The summed E-state index contributed by atoms with van der Waals surface area (Å²) >= 11 is 0. The molecule has 0 saturated carbocycles. The van der Waals surface area contributed by atoms with Crippen LogP contribution in [0.3, 0.4) is 0 Å². The topological polar surface area (TPSA) is 129 Å². The first-order valence-corrected chi connectivity index (χ1v) is 14.4. The van der Waals surface area contributed by atoms with Gasteiger partial charge in [0.2, 0.25) is 5.91 Å². The molecule has 0 radical (unpaired) electrons. The third-order valence-corrected chi connectivity index (χ3v) is 7.25. The molecule has 0 unspecified atom stereocenters. The Bertz CT molecular complexity index is 1440. The minimum Gasteiger partial charge on any atom is -0.493 e. The van der Waals surface area contributed by atoms with E-state index in [4.69, 9.17) is 9.47 Å². The Morgan fingerprint density at radius 2 is 1.93 bits per heavy atom. The number of carbonyl (C=O) groups is 2. The maximum atomic E-state index is 13.4. The number of benzene rings is 1. The number of amides is 2.